The van der Waals surface area contributed by atoms with Gasteiger partial charge < -0.3 is 5.32 Å². The second-order valence-corrected chi connectivity index (χ2v) is 6.26. The maximum Gasteiger partial charge on any atom is 0.278 e. The Kier molecular flexibility index (Phi) is 4.78. The predicted octanol–water partition coefficient (Wildman–Crippen LogP) is 3.67. The zero-order chi connectivity index (χ0) is 18.1. The molecule has 1 amide bonds. The van der Waals surface area contributed by atoms with E-state index in [2.05, 4.69) is 15.5 Å². The first kappa shape index (κ1) is 17.4. The van der Waals surface area contributed by atoms with Crippen LogP contribution in [0.5, 0.6) is 0 Å². The minimum absolute atomic E-state index is 0.103. The number of anilines is 1. The van der Waals surface area contributed by atoms with Crippen LogP contribution in [0.1, 0.15) is 21.7 Å². The number of nitrogens with zero attached hydrogens (tertiary/aromatic N) is 4. The zero-order valence-electron chi connectivity index (χ0n) is 13.4. The number of aryl methyl sites for hydroxylation is 1. The summed E-state index contributed by atoms with van der Waals surface area (Å²) in [6.45, 7) is 2.15. The number of carbonyl (C=O) groups excluding carboxylic acids is 1. The van der Waals surface area contributed by atoms with Gasteiger partial charge in [-0.25, -0.2) is 4.39 Å². The van der Waals surface area contributed by atoms with E-state index < -0.39 is 5.91 Å². The van der Waals surface area contributed by atoms with Gasteiger partial charge in [0.15, 0.2) is 11.5 Å². The summed E-state index contributed by atoms with van der Waals surface area (Å²) >= 11 is 12.2. The van der Waals surface area contributed by atoms with Gasteiger partial charge in [-0.1, -0.05) is 35.3 Å². The van der Waals surface area contributed by atoms with Crippen LogP contribution in [-0.4, -0.2) is 25.5 Å². The lowest BCUT2D eigenvalue weighted by molar-refractivity contribution is 0.102. The molecule has 1 N–H and O–H groups in total. The SMILES string of the molecule is Cc1c(Cl)c(C(=O)Nc2nn(Cc3ccc(F)cc3)cc2Cl)nn1C. The Balaban J connectivity index is 1.77. The lowest BCUT2D eigenvalue weighted by Crippen LogP contribution is -2.14. The average Bonchev–Trinajstić information content (AvgIpc) is 3.04. The summed E-state index contributed by atoms with van der Waals surface area (Å²) in [4.78, 5) is 12.3. The lowest BCUT2D eigenvalue weighted by atomic mass is 10.2. The Morgan fingerprint density at radius 3 is 2.52 bits per heavy atom. The number of aromatic nitrogens is 4. The molecule has 0 fully saturated rings. The van der Waals surface area contributed by atoms with Crippen LogP contribution in [0.2, 0.25) is 10.0 Å². The third-order valence-electron chi connectivity index (χ3n) is 3.68. The van der Waals surface area contributed by atoms with Gasteiger partial charge in [-0.05, 0) is 24.6 Å². The molecule has 130 valence electrons. The molecule has 2 aromatic heterocycles. The molecule has 1 aromatic carbocycles. The molecular weight excluding hydrogens is 368 g/mol. The normalized spacial score (nSPS) is 10.9. The van der Waals surface area contributed by atoms with Gasteiger partial charge >= 0.3 is 0 Å². The molecule has 0 aliphatic rings. The van der Waals surface area contributed by atoms with Crippen molar-refractivity contribution in [2.75, 3.05) is 5.32 Å². The molecule has 0 radical (unpaired) electrons. The summed E-state index contributed by atoms with van der Waals surface area (Å²) in [5.41, 5.74) is 1.63. The molecule has 0 saturated carbocycles. The summed E-state index contributed by atoms with van der Waals surface area (Å²) in [5, 5.41) is 11.5. The van der Waals surface area contributed by atoms with Gasteiger partial charge in [-0.3, -0.25) is 14.2 Å². The fraction of sp³-hybridized carbons (Fsp3) is 0.188. The summed E-state index contributed by atoms with van der Waals surface area (Å²) in [6.07, 6.45) is 1.58. The van der Waals surface area contributed by atoms with Crippen molar-refractivity contribution >= 4 is 34.9 Å². The van der Waals surface area contributed by atoms with E-state index in [1.807, 2.05) is 0 Å². The number of benzene rings is 1. The number of halogens is 3. The van der Waals surface area contributed by atoms with Crippen LogP contribution in [0.15, 0.2) is 30.5 Å². The van der Waals surface area contributed by atoms with Gasteiger partial charge in [-0.15, -0.1) is 0 Å². The largest absolute Gasteiger partial charge is 0.302 e. The number of carbonyl (C=O) groups is 1. The number of rotatable bonds is 4. The number of hydrogen-bond donors (Lipinski definition) is 1. The van der Waals surface area contributed by atoms with Crippen molar-refractivity contribution in [3.63, 3.8) is 0 Å². The van der Waals surface area contributed by atoms with Crippen molar-refractivity contribution in [1.29, 1.82) is 0 Å². The number of hydrogen-bond acceptors (Lipinski definition) is 3. The van der Waals surface area contributed by atoms with E-state index >= 15 is 0 Å². The highest BCUT2D eigenvalue weighted by atomic mass is 35.5. The van der Waals surface area contributed by atoms with Crippen molar-refractivity contribution in [3.8, 4) is 0 Å². The zero-order valence-corrected chi connectivity index (χ0v) is 14.9. The van der Waals surface area contributed by atoms with Crippen LogP contribution in [0, 0.1) is 12.7 Å². The fourth-order valence-corrected chi connectivity index (χ4v) is 2.68. The monoisotopic (exact) mass is 381 g/mol. The van der Waals surface area contributed by atoms with E-state index in [9.17, 15) is 9.18 Å². The fourth-order valence-electron chi connectivity index (χ4n) is 2.23. The van der Waals surface area contributed by atoms with Gasteiger partial charge in [0.25, 0.3) is 5.91 Å². The molecule has 3 aromatic rings. The third-order valence-corrected chi connectivity index (χ3v) is 4.41. The van der Waals surface area contributed by atoms with E-state index in [1.165, 1.54) is 16.8 Å². The molecule has 25 heavy (non-hydrogen) atoms. The molecule has 0 saturated heterocycles. The summed E-state index contributed by atoms with van der Waals surface area (Å²) in [7, 11) is 1.70. The molecule has 9 heteroatoms. The summed E-state index contributed by atoms with van der Waals surface area (Å²) in [5.74, 6) is -0.603. The summed E-state index contributed by atoms with van der Waals surface area (Å²) < 4.78 is 16.0. The average molecular weight is 382 g/mol. The maximum atomic E-state index is 13.0. The number of amides is 1. The first-order valence-corrected chi connectivity index (χ1v) is 8.08. The van der Waals surface area contributed by atoms with Gasteiger partial charge in [0.2, 0.25) is 0 Å². The second-order valence-electron chi connectivity index (χ2n) is 5.48. The quantitative estimate of drug-likeness (QED) is 0.749. The Morgan fingerprint density at radius 2 is 1.92 bits per heavy atom. The third kappa shape index (κ3) is 3.67. The summed E-state index contributed by atoms with van der Waals surface area (Å²) in [6, 6.07) is 6.04. The van der Waals surface area contributed by atoms with E-state index in [0.29, 0.717) is 12.2 Å². The van der Waals surface area contributed by atoms with Crippen molar-refractivity contribution < 1.29 is 9.18 Å². The van der Waals surface area contributed by atoms with Gasteiger partial charge in [0.1, 0.15) is 10.8 Å². The molecule has 0 unspecified atom stereocenters. The topological polar surface area (TPSA) is 64.7 Å². The first-order chi connectivity index (χ1) is 11.8. The standard InChI is InChI=1S/C16H14Cl2FN5O/c1-9-13(18)14(21-23(9)2)16(25)20-15-12(17)8-24(22-15)7-10-3-5-11(19)6-4-10/h3-6,8H,7H2,1-2H3,(H,20,22,25). The Labute approximate surface area is 153 Å². The molecule has 2 heterocycles. The molecule has 0 spiro atoms. The Hall–Kier alpha value is -2.38. The molecule has 0 atom stereocenters. The van der Waals surface area contributed by atoms with Crippen molar-refractivity contribution in [1.82, 2.24) is 19.6 Å². The van der Waals surface area contributed by atoms with Crippen LogP contribution in [0.25, 0.3) is 0 Å². The maximum absolute atomic E-state index is 13.0. The molecular formula is C16H14Cl2FN5O. The van der Waals surface area contributed by atoms with Gasteiger partial charge in [0, 0.05) is 13.2 Å². The highest BCUT2D eigenvalue weighted by Gasteiger charge is 2.20. The van der Waals surface area contributed by atoms with Crippen molar-refractivity contribution in [2.45, 2.75) is 13.5 Å². The minimum Gasteiger partial charge on any atom is -0.302 e. The smallest absolute Gasteiger partial charge is 0.278 e. The van der Waals surface area contributed by atoms with Crippen LogP contribution >= 0.6 is 23.2 Å². The van der Waals surface area contributed by atoms with Crippen LogP contribution in [-0.2, 0) is 13.6 Å². The lowest BCUT2D eigenvalue weighted by Gasteiger charge is -2.02. The van der Waals surface area contributed by atoms with Crippen molar-refractivity contribution in [2.24, 2.45) is 7.05 Å². The Bertz CT molecular complexity index is 933. The van der Waals surface area contributed by atoms with Crippen LogP contribution in [0.4, 0.5) is 10.2 Å². The van der Waals surface area contributed by atoms with Gasteiger partial charge in [-0.2, -0.15) is 10.2 Å². The molecule has 3 rings (SSSR count). The molecule has 0 aliphatic carbocycles. The van der Waals surface area contributed by atoms with Gasteiger partial charge in [0.05, 0.1) is 17.3 Å². The first-order valence-electron chi connectivity index (χ1n) is 7.33. The molecule has 6 nitrogen and oxygen atoms in total. The van der Waals surface area contributed by atoms with Crippen LogP contribution in [0.3, 0.4) is 0 Å². The van der Waals surface area contributed by atoms with E-state index in [1.54, 1.807) is 37.0 Å². The predicted molar refractivity (Wildman–Crippen MR) is 93.6 cm³/mol. The second kappa shape index (κ2) is 6.85. The highest BCUT2D eigenvalue weighted by Crippen LogP contribution is 2.23. The highest BCUT2D eigenvalue weighted by molar-refractivity contribution is 6.35. The van der Waals surface area contributed by atoms with Crippen LogP contribution < -0.4 is 5.32 Å². The van der Waals surface area contributed by atoms with Crippen molar-refractivity contribution in [3.05, 3.63) is 63.3 Å². The van der Waals surface area contributed by atoms with E-state index in [0.717, 1.165) is 5.56 Å². The van der Waals surface area contributed by atoms with E-state index in [4.69, 9.17) is 23.2 Å². The van der Waals surface area contributed by atoms with E-state index in [-0.39, 0.29) is 27.4 Å². The molecule has 0 aliphatic heterocycles. The minimum atomic E-state index is -0.498. The number of nitrogens with one attached hydrogen (secondary N) is 1. The Morgan fingerprint density at radius 1 is 1.24 bits per heavy atom. The molecule has 0 bridgehead atoms.